The summed E-state index contributed by atoms with van der Waals surface area (Å²) in [5.74, 6) is -1.54. The number of unbranched alkanes of at least 4 members (excludes halogenated alkanes) is 3. The molecular formula is C61H74N7O17PS2. The molecule has 27 heteroatoms. The molecule has 0 saturated carbocycles. The topological polar surface area (TPSA) is 302 Å². The molecule has 0 spiro atoms. The second kappa shape index (κ2) is 34.1. The molecule has 1 fully saturated rings. The molecule has 88 heavy (non-hydrogen) atoms. The number of phenolic OH excluding ortho intramolecular Hbond substituents is 2. The minimum absolute atomic E-state index is 0.000375. The van der Waals surface area contributed by atoms with E-state index in [1.54, 1.807) is 36.1 Å². The molecule has 472 valence electrons. The van der Waals surface area contributed by atoms with Gasteiger partial charge in [0.1, 0.15) is 11.5 Å². The van der Waals surface area contributed by atoms with Crippen molar-refractivity contribution in [1.29, 1.82) is 0 Å². The molecule has 0 aliphatic carbocycles. The Balaban J connectivity index is 0.664. The molecule has 5 amide bonds. The first kappa shape index (κ1) is 67.0. The fourth-order valence-electron chi connectivity index (χ4n) is 9.72. The highest BCUT2D eigenvalue weighted by Crippen LogP contribution is 2.44. The summed E-state index contributed by atoms with van der Waals surface area (Å²) in [6.07, 6.45) is 3.33. The summed E-state index contributed by atoms with van der Waals surface area (Å²) >= 11 is 6.37. The van der Waals surface area contributed by atoms with Crippen molar-refractivity contribution in [2.45, 2.75) is 70.2 Å². The number of thioether (sulfide) groups is 1. The quantitative estimate of drug-likeness (QED) is 0.0117. The number of nitrogens with one attached hydrogen (secondary N) is 2. The number of rotatable bonds is 37. The third-order valence-electron chi connectivity index (χ3n) is 14.2. The van der Waals surface area contributed by atoms with Crippen LogP contribution < -0.4 is 21.0 Å². The lowest BCUT2D eigenvalue weighted by molar-refractivity contribution is -0.138. The Bertz CT molecular complexity index is 3440. The highest BCUT2D eigenvalue weighted by atomic mass is 32.5. The second-order valence-corrected chi connectivity index (χ2v) is 24.4. The van der Waals surface area contributed by atoms with Gasteiger partial charge in [-0.1, -0.05) is 72.7 Å². The van der Waals surface area contributed by atoms with Crippen LogP contribution in [-0.2, 0) is 76.8 Å². The first-order valence-corrected chi connectivity index (χ1v) is 32.9. The van der Waals surface area contributed by atoms with E-state index in [-0.39, 0.29) is 110 Å². The van der Waals surface area contributed by atoms with Gasteiger partial charge in [-0.2, -0.15) is 0 Å². The number of amides is 5. The summed E-state index contributed by atoms with van der Waals surface area (Å²) in [5.41, 5.74) is 4.92. The molecule has 5 N–H and O–H groups in total. The van der Waals surface area contributed by atoms with Crippen molar-refractivity contribution in [2.24, 2.45) is 0 Å². The number of anilines is 1. The number of phenols is 2. The van der Waals surface area contributed by atoms with E-state index in [2.05, 4.69) is 20.9 Å². The van der Waals surface area contributed by atoms with Crippen molar-refractivity contribution in [3.8, 4) is 45.3 Å². The Hall–Kier alpha value is -6.94. The number of fused-ring (bicyclic) bond motifs is 6. The number of nitrogens with zero attached hydrogens (tertiary/aromatic N) is 5. The average molecular weight is 1270 g/mol. The molecule has 0 bridgehead atoms. The Morgan fingerprint density at radius 2 is 1.41 bits per heavy atom. The third-order valence-corrected chi connectivity index (χ3v) is 17.2. The lowest BCUT2D eigenvalue weighted by Crippen LogP contribution is -2.37. The monoisotopic (exact) mass is 1270 g/mol. The highest BCUT2D eigenvalue weighted by Gasteiger charge is 2.38. The summed E-state index contributed by atoms with van der Waals surface area (Å²) < 4.78 is 46.2. The third kappa shape index (κ3) is 19.0. The number of hydrogen-bond donors (Lipinski definition) is 5. The van der Waals surface area contributed by atoms with Crippen LogP contribution in [0.2, 0.25) is 0 Å². The van der Waals surface area contributed by atoms with E-state index in [1.165, 1.54) is 30.0 Å². The van der Waals surface area contributed by atoms with Gasteiger partial charge in [-0.3, -0.25) is 33.7 Å². The van der Waals surface area contributed by atoms with Gasteiger partial charge in [-0.25, -0.2) is 4.68 Å². The zero-order valence-corrected chi connectivity index (χ0v) is 51.5. The predicted molar refractivity (Wildman–Crippen MR) is 332 cm³/mol. The van der Waals surface area contributed by atoms with Crippen molar-refractivity contribution < 1.29 is 76.2 Å². The fraction of sp³-hybridized carbons (Fsp3) is 0.443. The van der Waals surface area contributed by atoms with Crippen LogP contribution >= 0.6 is 18.5 Å². The molecular weight excluding hydrogens is 1200 g/mol. The van der Waals surface area contributed by atoms with Gasteiger partial charge < -0.3 is 67.8 Å². The Labute approximate surface area is 518 Å². The van der Waals surface area contributed by atoms with Gasteiger partial charge >= 0.3 is 6.72 Å². The van der Waals surface area contributed by atoms with Crippen LogP contribution in [0.3, 0.4) is 0 Å². The smallest absolute Gasteiger partial charge is 0.324 e. The van der Waals surface area contributed by atoms with E-state index in [0.717, 1.165) is 53.0 Å². The minimum atomic E-state index is -3.17. The Morgan fingerprint density at radius 1 is 0.739 bits per heavy atom. The zero-order chi connectivity index (χ0) is 62.3. The standard InChI is InChI=1S/C61H74N7O17PS2/c1-2-83-86(77,87)84-27-9-3-4-10-38-88-52-40-55(73)66(61(52)76)25-22-53(71)62-23-21-54(72)67-41-44-11-5-6-12-45(44)57-56(46-13-7-8-14-48(46)67)64-65-68(57)26-29-79-31-33-81-35-37-82-36-34-80-32-30-78-28-24-63-60(75)43-17-15-42(16-18-43)51-39-50(70)47-19-20-49(69)58(74)59(47)85-51/h5-8,11-20,39,52,69,74H,2-4,9-10,21-38,40-41H2,1H3,(H,62,71)(H,63,75)(H,77,87). The number of carbonyl (C=O) groups excluding carboxylic acids is 5. The van der Waals surface area contributed by atoms with E-state index < -0.39 is 23.5 Å². The number of benzene rings is 4. The van der Waals surface area contributed by atoms with Gasteiger partial charge in [0, 0.05) is 67.2 Å². The number of aromatic nitrogens is 3. The Kier molecular flexibility index (Phi) is 26.0. The maximum Gasteiger partial charge on any atom is 0.324 e. The first-order valence-electron chi connectivity index (χ1n) is 29.2. The molecule has 8 rings (SSSR count). The van der Waals surface area contributed by atoms with E-state index in [9.17, 15) is 43.9 Å². The van der Waals surface area contributed by atoms with Crippen LogP contribution in [0.25, 0.3) is 44.8 Å². The molecule has 2 aliphatic heterocycles. The van der Waals surface area contributed by atoms with Crippen molar-refractivity contribution >= 4 is 76.5 Å². The van der Waals surface area contributed by atoms with E-state index in [4.69, 9.17) is 49.0 Å². The van der Waals surface area contributed by atoms with Crippen LogP contribution in [0.4, 0.5) is 5.69 Å². The Morgan fingerprint density at radius 3 is 2.14 bits per heavy atom. The van der Waals surface area contributed by atoms with Gasteiger partial charge in [0.2, 0.25) is 29.4 Å². The van der Waals surface area contributed by atoms with Crippen molar-refractivity contribution in [2.75, 3.05) is 110 Å². The van der Waals surface area contributed by atoms with E-state index >= 15 is 0 Å². The molecule has 1 saturated heterocycles. The number of para-hydroxylation sites is 1. The summed E-state index contributed by atoms with van der Waals surface area (Å²) in [5, 5.41) is 34.4. The van der Waals surface area contributed by atoms with Crippen LogP contribution in [0.15, 0.2) is 100 Å². The lowest BCUT2D eigenvalue weighted by atomic mass is 9.95. The predicted octanol–water partition coefficient (Wildman–Crippen LogP) is 6.74. The number of likely N-dealkylation sites (tertiary alicyclic amines) is 1. The van der Waals surface area contributed by atoms with Crippen LogP contribution in [0.5, 0.6) is 11.5 Å². The number of hydrogen-bond acceptors (Lipinski definition) is 20. The molecule has 6 aromatic rings. The summed E-state index contributed by atoms with van der Waals surface area (Å²) in [6, 6.07) is 25.6. The number of imide groups is 1. The van der Waals surface area contributed by atoms with E-state index in [1.807, 2.05) is 53.2 Å². The van der Waals surface area contributed by atoms with Gasteiger partial charge in [-0.15, -0.1) is 16.9 Å². The number of ether oxygens (including phenoxy) is 5. The van der Waals surface area contributed by atoms with Crippen molar-refractivity contribution in [1.82, 2.24) is 30.5 Å². The van der Waals surface area contributed by atoms with Crippen molar-refractivity contribution in [3.05, 3.63) is 112 Å². The zero-order valence-electron chi connectivity index (χ0n) is 49.0. The summed E-state index contributed by atoms with van der Waals surface area (Å²) in [6.45, 7) is 3.63. The molecule has 2 atom stereocenters. The van der Waals surface area contributed by atoms with Gasteiger partial charge in [-0.05, 0) is 73.2 Å². The van der Waals surface area contributed by atoms with Crippen LogP contribution in [0.1, 0.15) is 67.8 Å². The SMILES string of the molecule is CCOP(O)(=S)OCCCCCCSC1CC(=O)N(CCC(=O)NCCC(=O)N2Cc3ccccc3-c3c(nnn3CCOCCOCCOCCOCCOCCNC(=O)c3ccc(-c4cc(=O)c5ccc(O)c(O)c5o4)cc3)-c3ccccc32)C1=O. The highest BCUT2D eigenvalue weighted by molar-refractivity contribution is 8.07. The largest absolute Gasteiger partial charge is 0.504 e. The fourth-order valence-corrected chi connectivity index (χ4v) is 12.2. The molecule has 2 aliphatic rings. The number of aromatic hydroxyl groups is 2. The summed E-state index contributed by atoms with van der Waals surface area (Å²) in [4.78, 5) is 90.9. The second-order valence-electron chi connectivity index (χ2n) is 20.3. The molecule has 0 radical (unpaired) electrons. The molecule has 4 aromatic carbocycles. The lowest BCUT2D eigenvalue weighted by Gasteiger charge is -2.28. The van der Waals surface area contributed by atoms with Gasteiger partial charge in [0.25, 0.3) is 5.91 Å². The van der Waals surface area contributed by atoms with Crippen LogP contribution in [0, 0.1) is 0 Å². The van der Waals surface area contributed by atoms with Gasteiger partial charge in [0.05, 0.1) is 114 Å². The van der Waals surface area contributed by atoms with Crippen LogP contribution in [-0.4, -0.2) is 174 Å². The molecule has 2 unspecified atom stereocenters. The first-order chi connectivity index (χ1) is 42.7. The number of carbonyl (C=O) groups is 5. The average Bonchev–Trinajstić information content (AvgIpc) is 2.21. The van der Waals surface area contributed by atoms with Crippen molar-refractivity contribution in [3.63, 3.8) is 0 Å². The maximum atomic E-state index is 14.1. The maximum absolute atomic E-state index is 14.1. The van der Waals surface area contributed by atoms with Gasteiger partial charge in [0.15, 0.2) is 16.8 Å². The summed E-state index contributed by atoms with van der Waals surface area (Å²) in [7, 11) is 0. The molecule has 4 heterocycles. The molecule has 2 aromatic heterocycles. The van der Waals surface area contributed by atoms with E-state index in [0.29, 0.717) is 101 Å². The normalized spacial score (nSPS) is 14.5. The minimum Gasteiger partial charge on any atom is -0.504 e. The molecule has 24 nitrogen and oxygen atoms in total.